The average Bonchev–Trinajstić information content (AvgIpc) is 2.07. The van der Waals surface area contributed by atoms with Crippen LogP contribution in [0, 0.1) is 5.92 Å². The normalized spacial score (nSPS) is 24.2. The zero-order chi connectivity index (χ0) is 7.94. The molecule has 11 heavy (non-hydrogen) atoms. The summed E-state index contributed by atoms with van der Waals surface area (Å²) in [7, 11) is 0. The molecule has 0 saturated carbocycles. The molecule has 0 aromatic carbocycles. The Morgan fingerprint density at radius 1 is 1.55 bits per heavy atom. The fourth-order valence-electron chi connectivity index (χ4n) is 1.35. The lowest BCUT2D eigenvalue weighted by Gasteiger charge is -2.10. The summed E-state index contributed by atoms with van der Waals surface area (Å²) in [5.41, 5.74) is 0. The Labute approximate surface area is 69.3 Å². The van der Waals surface area contributed by atoms with Crippen molar-refractivity contribution in [2.24, 2.45) is 5.92 Å². The summed E-state index contributed by atoms with van der Waals surface area (Å²) in [6.45, 7) is 3.67. The summed E-state index contributed by atoms with van der Waals surface area (Å²) in [6, 6.07) is 0. The highest BCUT2D eigenvalue weighted by molar-refractivity contribution is 5.04. The van der Waals surface area contributed by atoms with Gasteiger partial charge >= 0.3 is 0 Å². The zero-order valence-electron chi connectivity index (χ0n) is 7.00. The third-order valence-electron chi connectivity index (χ3n) is 1.98. The van der Waals surface area contributed by atoms with E-state index in [0.29, 0.717) is 5.92 Å². The van der Waals surface area contributed by atoms with E-state index in [2.05, 4.69) is 30.9 Å². The molecule has 60 valence electrons. The molecule has 0 spiro atoms. The molecule has 1 unspecified atom stereocenters. The van der Waals surface area contributed by atoms with E-state index < -0.39 is 0 Å². The van der Waals surface area contributed by atoms with E-state index in [0.717, 1.165) is 6.42 Å². The highest BCUT2D eigenvalue weighted by Gasteiger charge is 2.02. The smallest absolute Gasteiger partial charge is 0.00533 e. The Balaban J connectivity index is 2.29. The average molecular weight is 148 g/mol. The Morgan fingerprint density at radius 3 is 3.09 bits per heavy atom. The van der Waals surface area contributed by atoms with Crippen LogP contribution in [0.4, 0.5) is 0 Å². The monoisotopic (exact) mass is 148 g/mol. The highest BCUT2D eigenvalue weighted by Crippen LogP contribution is 2.17. The predicted molar refractivity (Wildman–Crippen MR) is 50.4 cm³/mol. The highest BCUT2D eigenvalue weighted by atomic mass is 14.1. The van der Waals surface area contributed by atoms with Crippen molar-refractivity contribution in [3.63, 3.8) is 0 Å². The maximum Gasteiger partial charge on any atom is -0.00533 e. The molecule has 0 fully saturated rings. The number of hydrogen-bond donors (Lipinski definition) is 0. The van der Waals surface area contributed by atoms with Crippen molar-refractivity contribution < 1.29 is 0 Å². The van der Waals surface area contributed by atoms with Gasteiger partial charge in [-0.25, -0.2) is 0 Å². The van der Waals surface area contributed by atoms with Crippen molar-refractivity contribution >= 4 is 0 Å². The van der Waals surface area contributed by atoms with E-state index in [1.807, 2.05) is 6.08 Å². The summed E-state index contributed by atoms with van der Waals surface area (Å²) in [5, 5.41) is 0. The Morgan fingerprint density at radius 2 is 2.45 bits per heavy atom. The molecule has 0 aromatic rings. The SMILES string of the molecule is C=CC/C=C/C1C=CCCC1. The third-order valence-corrected chi connectivity index (χ3v) is 1.98. The van der Waals surface area contributed by atoms with Gasteiger partial charge in [-0.1, -0.05) is 30.4 Å². The molecule has 0 bridgehead atoms. The quantitative estimate of drug-likeness (QED) is 0.537. The van der Waals surface area contributed by atoms with E-state index >= 15 is 0 Å². The van der Waals surface area contributed by atoms with Crippen LogP contribution in [-0.2, 0) is 0 Å². The Bertz CT molecular complexity index is 163. The molecule has 0 N–H and O–H groups in total. The van der Waals surface area contributed by atoms with Crippen molar-refractivity contribution in [2.75, 3.05) is 0 Å². The number of hydrogen-bond acceptors (Lipinski definition) is 0. The molecule has 0 radical (unpaired) electrons. The van der Waals surface area contributed by atoms with Crippen LogP contribution in [0.1, 0.15) is 25.7 Å². The van der Waals surface area contributed by atoms with Crippen LogP contribution in [0.2, 0.25) is 0 Å². The first-order chi connectivity index (χ1) is 5.43. The number of allylic oxidation sites excluding steroid dienone is 5. The second-order valence-electron chi connectivity index (χ2n) is 2.98. The van der Waals surface area contributed by atoms with Crippen molar-refractivity contribution in [3.8, 4) is 0 Å². The minimum absolute atomic E-state index is 0.698. The van der Waals surface area contributed by atoms with Gasteiger partial charge in [0.15, 0.2) is 0 Å². The van der Waals surface area contributed by atoms with Crippen LogP contribution in [0.3, 0.4) is 0 Å². The van der Waals surface area contributed by atoms with Crippen LogP contribution >= 0.6 is 0 Å². The van der Waals surface area contributed by atoms with Gasteiger partial charge in [0.25, 0.3) is 0 Å². The lowest BCUT2D eigenvalue weighted by Crippen LogP contribution is -1.95. The van der Waals surface area contributed by atoms with E-state index in [1.54, 1.807) is 0 Å². The molecule has 0 heteroatoms. The fourth-order valence-corrected chi connectivity index (χ4v) is 1.35. The molecular formula is C11H16. The van der Waals surface area contributed by atoms with Gasteiger partial charge in [0, 0.05) is 0 Å². The summed E-state index contributed by atoms with van der Waals surface area (Å²) >= 11 is 0. The van der Waals surface area contributed by atoms with Crippen molar-refractivity contribution in [3.05, 3.63) is 37.0 Å². The van der Waals surface area contributed by atoms with E-state index in [4.69, 9.17) is 0 Å². The summed E-state index contributed by atoms with van der Waals surface area (Å²) in [5.74, 6) is 0.698. The summed E-state index contributed by atoms with van der Waals surface area (Å²) in [4.78, 5) is 0. The van der Waals surface area contributed by atoms with Crippen LogP contribution in [0.15, 0.2) is 37.0 Å². The molecule has 1 aliphatic carbocycles. The molecule has 0 aromatic heterocycles. The van der Waals surface area contributed by atoms with Crippen LogP contribution in [-0.4, -0.2) is 0 Å². The molecule has 0 saturated heterocycles. The molecule has 1 aliphatic rings. The fraction of sp³-hybridized carbons (Fsp3) is 0.455. The van der Waals surface area contributed by atoms with E-state index in [-0.39, 0.29) is 0 Å². The second-order valence-corrected chi connectivity index (χ2v) is 2.98. The van der Waals surface area contributed by atoms with E-state index in [1.165, 1.54) is 19.3 Å². The standard InChI is InChI=1S/C11H16/c1-2-3-5-8-11-9-6-4-7-10-11/h2,5-6,8-9,11H,1,3-4,7,10H2/b8-5+. The topological polar surface area (TPSA) is 0 Å². The lowest BCUT2D eigenvalue weighted by atomic mass is 9.95. The molecule has 1 rings (SSSR count). The summed E-state index contributed by atoms with van der Waals surface area (Å²) < 4.78 is 0. The molecule has 0 nitrogen and oxygen atoms in total. The van der Waals surface area contributed by atoms with Gasteiger partial charge in [-0.05, 0) is 31.6 Å². The van der Waals surface area contributed by atoms with Gasteiger partial charge in [0.1, 0.15) is 0 Å². The maximum atomic E-state index is 3.67. The van der Waals surface area contributed by atoms with Gasteiger partial charge in [0.2, 0.25) is 0 Å². The zero-order valence-corrected chi connectivity index (χ0v) is 7.00. The summed E-state index contributed by atoms with van der Waals surface area (Å²) in [6.07, 6.45) is 16.0. The molecular weight excluding hydrogens is 132 g/mol. The first kappa shape index (κ1) is 8.32. The van der Waals surface area contributed by atoms with Crippen molar-refractivity contribution in [1.82, 2.24) is 0 Å². The number of rotatable bonds is 3. The van der Waals surface area contributed by atoms with Crippen molar-refractivity contribution in [1.29, 1.82) is 0 Å². The van der Waals surface area contributed by atoms with Gasteiger partial charge in [0.05, 0.1) is 0 Å². The van der Waals surface area contributed by atoms with Crippen LogP contribution in [0.5, 0.6) is 0 Å². The lowest BCUT2D eigenvalue weighted by molar-refractivity contribution is 0.630. The Hall–Kier alpha value is -0.780. The first-order valence-electron chi connectivity index (χ1n) is 4.37. The molecule has 1 atom stereocenters. The van der Waals surface area contributed by atoms with Crippen molar-refractivity contribution in [2.45, 2.75) is 25.7 Å². The van der Waals surface area contributed by atoms with Crippen LogP contribution < -0.4 is 0 Å². The second kappa shape index (κ2) is 4.95. The van der Waals surface area contributed by atoms with Gasteiger partial charge in [-0.2, -0.15) is 0 Å². The molecule has 0 aliphatic heterocycles. The largest absolute Gasteiger partial charge is 0.103 e. The molecule has 0 heterocycles. The predicted octanol–water partition coefficient (Wildman–Crippen LogP) is 3.48. The van der Waals surface area contributed by atoms with Gasteiger partial charge in [-0.3, -0.25) is 0 Å². The van der Waals surface area contributed by atoms with Gasteiger partial charge < -0.3 is 0 Å². The third kappa shape index (κ3) is 3.22. The van der Waals surface area contributed by atoms with Crippen LogP contribution in [0.25, 0.3) is 0 Å². The van der Waals surface area contributed by atoms with Gasteiger partial charge in [-0.15, -0.1) is 6.58 Å². The minimum Gasteiger partial charge on any atom is -0.103 e. The first-order valence-corrected chi connectivity index (χ1v) is 4.37. The minimum atomic E-state index is 0.698. The van der Waals surface area contributed by atoms with E-state index in [9.17, 15) is 0 Å². The molecule has 0 amide bonds. The maximum absolute atomic E-state index is 3.67. The Kier molecular flexibility index (Phi) is 3.74.